The fourth-order valence-corrected chi connectivity index (χ4v) is 2.45. The molecule has 0 spiro atoms. The first kappa shape index (κ1) is 17.2. The molecule has 1 aromatic rings. The highest BCUT2D eigenvalue weighted by Crippen LogP contribution is 2.29. The maximum atomic E-state index is 13.6. The first-order valence-electron chi connectivity index (χ1n) is 6.92. The second-order valence-electron chi connectivity index (χ2n) is 4.94. The number of halogens is 2. The van der Waals surface area contributed by atoms with Crippen molar-refractivity contribution in [2.75, 3.05) is 33.4 Å². The van der Waals surface area contributed by atoms with Crippen molar-refractivity contribution in [1.82, 2.24) is 5.32 Å². The van der Waals surface area contributed by atoms with Crippen molar-refractivity contribution in [2.45, 2.75) is 25.2 Å². The van der Waals surface area contributed by atoms with Gasteiger partial charge in [-0.1, -0.05) is 0 Å². The highest BCUT2D eigenvalue weighted by atomic mass is 35.5. The van der Waals surface area contributed by atoms with E-state index in [2.05, 4.69) is 5.32 Å². The summed E-state index contributed by atoms with van der Waals surface area (Å²) in [5.74, 6) is 0.862. The Hall–Kier alpha value is -0.840. The second kappa shape index (κ2) is 9.16. The second-order valence-corrected chi connectivity index (χ2v) is 4.94. The van der Waals surface area contributed by atoms with Crippen LogP contribution >= 0.6 is 12.4 Å². The zero-order valence-corrected chi connectivity index (χ0v) is 12.7. The Bertz CT molecular complexity index is 397. The minimum atomic E-state index is -0.210. The number of methoxy groups -OCH3 is 1. The molecule has 0 saturated carbocycles. The van der Waals surface area contributed by atoms with Crippen molar-refractivity contribution in [3.63, 3.8) is 0 Å². The number of rotatable bonds is 6. The molecule has 0 radical (unpaired) electrons. The van der Waals surface area contributed by atoms with Gasteiger partial charge >= 0.3 is 0 Å². The Morgan fingerprint density at radius 1 is 1.20 bits per heavy atom. The van der Waals surface area contributed by atoms with Crippen LogP contribution in [0.15, 0.2) is 18.2 Å². The minimum Gasteiger partial charge on any atom is -0.493 e. The van der Waals surface area contributed by atoms with E-state index in [-0.39, 0.29) is 18.2 Å². The van der Waals surface area contributed by atoms with E-state index in [4.69, 9.17) is 9.47 Å². The summed E-state index contributed by atoms with van der Waals surface area (Å²) >= 11 is 0. The quantitative estimate of drug-likeness (QED) is 0.819. The van der Waals surface area contributed by atoms with Gasteiger partial charge in [0, 0.05) is 26.2 Å². The van der Waals surface area contributed by atoms with Crippen LogP contribution in [0.3, 0.4) is 0 Å². The number of nitrogens with one attached hydrogen (secondary N) is 1. The number of piperidine rings is 1. The van der Waals surface area contributed by atoms with Gasteiger partial charge in [-0.25, -0.2) is 4.39 Å². The molecule has 0 unspecified atom stereocenters. The van der Waals surface area contributed by atoms with Crippen LogP contribution < -0.4 is 10.1 Å². The Morgan fingerprint density at radius 2 is 1.95 bits per heavy atom. The van der Waals surface area contributed by atoms with Crippen LogP contribution in [0.5, 0.6) is 5.75 Å². The molecule has 1 aromatic carbocycles. The minimum absolute atomic E-state index is 0. The summed E-state index contributed by atoms with van der Waals surface area (Å²) in [5.41, 5.74) is 1.06. The summed E-state index contributed by atoms with van der Waals surface area (Å²) in [6.45, 7) is 3.23. The monoisotopic (exact) mass is 303 g/mol. The average Bonchev–Trinajstić information content (AvgIpc) is 2.44. The summed E-state index contributed by atoms with van der Waals surface area (Å²) in [6.07, 6.45) is 2.94. The molecule has 1 N–H and O–H groups in total. The molecule has 1 heterocycles. The maximum absolute atomic E-state index is 13.6. The van der Waals surface area contributed by atoms with Crippen molar-refractivity contribution in [3.8, 4) is 5.75 Å². The van der Waals surface area contributed by atoms with E-state index in [0.717, 1.165) is 37.9 Å². The van der Waals surface area contributed by atoms with Crippen molar-refractivity contribution in [3.05, 3.63) is 29.6 Å². The van der Waals surface area contributed by atoms with Gasteiger partial charge in [0.15, 0.2) is 0 Å². The third kappa shape index (κ3) is 5.27. The number of hydrogen-bond acceptors (Lipinski definition) is 3. The van der Waals surface area contributed by atoms with Gasteiger partial charge < -0.3 is 14.8 Å². The lowest BCUT2D eigenvalue weighted by Crippen LogP contribution is -2.26. The normalized spacial score (nSPS) is 15.7. The van der Waals surface area contributed by atoms with Gasteiger partial charge in [0.2, 0.25) is 0 Å². The molecule has 0 aromatic heterocycles. The number of ether oxygens (including phenoxy) is 2. The summed E-state index contributed by atoms with van der Waals surface area (Å²) in [4.78, 5) is 0. The molecule has 0 atom stereocenters. The molecule has 1 aliphatic rings. The summed E-state index contributed by atoms with van der Waals surface area (Å²) in [6, 6.07) is 5.07. The number of benzene rings is 1. The molecule has 1 saturated heterocycles. The van der Waals surface area contributed by atoms with Crippen LogP contribution in [0.4, 0.5) is 4.39 Å². The van der Waals surface area contributed by atoms with Crippen molar-refractivity contribution >= 4 is 12.4 Å². The standard InChI is InChI=1S/C15H22FNO2.ClH/c1-18-7-2-8-19-15-10-13(9-14(16)11-15)12-3-5-17-6-4-12;/h9-12,17H,2-8H2,1H3;1H. The fraction of sp³-hybridized carbons (Fsp3) is 0.600. The lowest BCUT2D eigenvalue weighted by molar-refractivity contribution is 0.172. The average molecular weight is 304 g/mol. The lowest BCUT2D eigenvalue weighted by Gasteiger charge is -2.23. The summed E-state index contributed by atoms with van der Waals surface area (Å²) in [5, 5.41) is 3.32. The van der Waals surface area contributed by atoms with E-state index in [0.29, 0.717) is 24.9 Å². The lowest BCUT2D eigenvalue weighted by atomic mass is 9.90. The summed E-state index contributed by atoms with van der Waals surface area (Å²) < 4.78 is 24.2. The van der Waals surface area contributed by atoms with E-state index in [1.807, 2.05) is 6.07 Å². The highest BCUT2D eigenvalue weighted by Gasteiger charge is 2.16. The van der Waals surface area contributed by atoms with Gasteiger partial charge in [-0.15, -0.1) is 12.4 Å². The molecule has 1 aliphatic heterocycles. The van der Waals surface area contributed by atoms with Crippen LogP contribution in [-0.4, -0.2) is 33.4 Å². The van der Waals surface area contributed by atoms with E-state index in [1.54, 1.807) is 13.2 Å². The largest absolute Gasteiger partial charge is 0.493 e. The predicted octanol–water partition coefficient (Wildman–Crippen LogP) is 3.13. The van der Waals surface area contributed by atoms with Crippen molar-refractivity contribution in [2.24, 2.45) is 0 Å². The Morgan fingerprint density at radius 3 is 2.65 bits per heavy atom. The van der Waals surface area contributed by atoms with Crippen molar-refractivity contribution in [1.29, 1.82) is 0 Å². The highest BCUT2D eigenvalue weighted by molar-refractivity contribution is 5.85. The topological polar surface area (TPSA) is 30.5 Å². The van der Waals surface area contributed by atoms with Crippen molar-refractivity contribution < 1.29 is 13.9 Å². The smallest absolute Gasteiger partial charge is 0.127 e. The molecule has 3 nitrogen and oxygen atoms in total. The Kier molecular flexibility index (Phi) is 7.88. The Balaban J connectivity index is 0.00000200. The predicted molar refractivity (Wildman–Crippen MR) is 80.5 cm³/mol. The summed E-state index contributed by atoms with van der Waals surface area (Å²) in [7, 11) is 1.66. The van der Waals surface area contributed by atoms with Gasteiger partial charge in [0.25, 0.3) is 0 Å². The van der Waals surface area contributed by atoms with Gasteiger partial charge in [-0.05, 0) is 49.5 Å². The molecule has 114 valence electrons. The molecule has 0 amide bonds. The van der Waals surface area contributed by atoms with Gasteiger partial charge in [-0.3, -0.25) is 0 Å². The molecule has 20 heavy (non-hydrogen) atoms. The van der Waals surface area contributed by atoms with Crippen LogP contribution in [0.1, 0.15) is 30.7 Å². The zero-order valence-electron chi connectivity index (χ0n) is 11.9. The van der Waals surface area contributed by atoms with Crippen LogP contribution in [-0.2, 0) is 4.74 Å². The van der Waals surface area contributed by atoms with Crippen LogP contribution in [0.25, 0.3) is 0 Å². The van der Waals surface area contributed by atoms with Gasteiger partial charge in [0.05, 0.1) is 6.61 Å². The fourth-order valence-electron chi connectivity index (χ4n) is 2.45. The van der Waals surface area contributed by atoms with E-state index in [9.17, 15) is 4.39 Å². The molecule has 1 fully saturated rings. The van der Waals surface area contributed by atoms with Crippen LogP contribution in [0.2, 0.25) is 0 Å². The third-order valence-corrected chi connectivity index (χ3v) is 3.47. The SMILES string of the molecule is COCCCOc1cc(F)cc(C2CCNCC2)c1.Cl. The van der Waals surface area contributed by atoms with Gasteiger partial charge in [-0.2, -0.15) is 0 Å². The van der Waals surface area contributed by atoms with E-state index >= 15 is 0 Å². The van der Waals surface area contributed by atoms with Gasteiger partial charge in [0.1, 0.15) is 11.6 Å². The number of hydrogen-bond donors (Lipinski definition) is 1. The zero-order chi connectivity index (χ0) is 13.5. The first-order chi connectivity index (χ1) is 9.29. The molecule has 2 rings (SSSR count). The molecular weight excluding hydrogens is 281 g/mol. The molecular formula is C15H23ClFNO2. The first-order valence-corrected chi connectivity index (χ1v) is 6.92. The Labute approximate surface area is 126 Å². The molecule has 5 heteroatoms. The molecule has 0 aliphatic carbocycles. The van der Waals surface area contributed by atoms with E-state index < -0.39 is 0 Å². The third-order valence-electron chi connectivity index (χ3n) is 3.47. The molecule has 0 bridgehead atoms. The maximum Gasteiger partial charge on any atom is 0.127 e. The van der Waals surface area contributed by atoms with Crippen LogP contribution in [0, 0.1) is 5.82 Å². The van der Waals surface area contributed by atoms with E-state index in [1.165, 1.54) is 6.07 Å².